The molecule has 0 saturated heterocycles. The number of amides is 1. The first-order valence-electron chi connectivity index (χ1n) is 8.71. The molecule has 1 heterocycles. The Hall–Kier alpha value is -1.53. The van der Waals surface area contributed by atoms with Gasteiger partial charge in [-0.15, -0.1) is 10.2 Å². The minimum absolute atomic E-state index is 0.132. The summed E-state index contributed by atoms with van der Waals surface area (Å²) in [4.78, 5) is 12.2. The fraction of sp³-hybridized carbons (Fsp3) is 0.500. The van der Waals surface area contributed by atoms with Gasteiger partial charge in [-0.1, -0.05) is 48.3 Å². The third-order valence-corrected chi connectivity index (χ3v) is 5.56. The molecule has 0 aliphatic heterocycles. The average Bonchev–Trinajstić information content (AvgIpc) is 3.27. The monoisotopic (exact) mass is 378 g/mol. The van der Waals surface area contributed by atoms with Crippen LogP contribution in [0.1, 0.15) is 54.3 Å². The number of rotatable bonds is 7. The van der Waals surface area contributed by atoms with E-state index < -0.39 is 0 Å². The van der Waals surface area contributed by atoms with E-state index in [0.717, 1.165) is 23.8 Å². The van der Waals surface area contributed by atoms with E-state index in [1.807, 2.05) is 18.4 Å². The molecule has 0 radical (unpaired) electrons. The highest BCUT2D eigenvalue weighted by molar-refractivity contribution is 7.98. The molecular formula is C18H23ClN4OS. The lowest BCUT2D eigenvalue weighted by Crippen LogP contribution is -2.25. The van der Waals surface area contributed by atoms with Crippen molar-refractivity contribution in [3.8, 4) is 0 Å². The molecule has 3 rings (SSSR count). The second kappa shape index (κ2) is 8.72. The van der Waals surface area contributed by atoms with Gasteiger partial charge in [0.05, 0.1) is 10.6 Å². The van der Waals surface area contributed by atoms with Gasteiger partial charge < -0.3 is 9.88 Å². The maximum Gasteiger partial charge on any atom is 0.252 e. The van der Waals surface area contributed by atoms with Crippen LogP contribution in [0.15, 0.2) is 29.4 Å². The summed E-state index contributed by atoms with van der Waals surface area (Å²) >= 11 is 7.71. The summed E-state index contributed by atoms with van der Waals surface area (Å²) in [5, 5.41) is 13.1. The first-order valence-corrected chi connectivity index (χ1v) is 10.3. The van der Waals surface area contributed by atoms with Gasteiger partial charge in [0, 0.05) is 19.0 Å². The van der Waals surface area contributed by atoms with Gasteiger partial charge in [0.25, 0.3) is 5.91 Å². The number of benzene rings is 1. The standard InChI is InChI=1S/C18H23ClN4OS/c1-25-18-22-21-16(23(18)13-7-2-3-8-13)11-6-12-20-17(24)14-9-4-5-10-15(14)19/h4-5,9-10,13H,2-3,6-8,11-12H2,1H3,(H,20,24). The number of hydrogen-bond donors (Lipinski definition) is 1. The van der Waals surface area contributed by atoms with Gasteiger partial charge in [-0.05, 0) is 37.7 Å². The molecule has 1 N–H and O–H groups in total. The Bertz CT molecular complexity index is 728. The summed E-state index contributed by atoms with van der Waals surface area (Å²) in [5.74, 6) is 0.899. The molecule has 7 heteroatoms. The molecule has 134 valence electrons. The molecule has 5 nitrogen and oxygen atoms in total. The van der Waals surface area contributed by atoms with Gasteiger partial charge >= 0.3 is 0 Å². The third-order valence-electron chi connectivity index (χ3n) is 4.59. The first kappa shape index (κ1) is 18.3. The van der Waals surface area contributed by atoms with Crippen molar-refractivity contribution in [2.75, 3.05) is 12.8 Å². The van der Waals surface area contributed by atoms with Gasteiger partial charge in [0.2, 0.25) is 0 Å². The van der Waals surface area contributed by atoms with Crippen LogP contribution in [-0.4, -0.2) is 33.5 Å². The highest BCUT2D eigenvalue weighted by Crippen LogP contribution is 2.33. The van der Waals surface area contributed by atoms with E-state index in [0.29, 0.717) is 23.2 Å². The fourth-order valence-corrected chi connectivity index (χ4v) is 4.13. The minimum Gasteiger partial charge on any atom is -0.352 e. The zero-order chi connectivity index (χ0) is 17.6. The quantitative estimate of drug-likeness (QED) is 0.581. The number of thioether (sulfide) groups is 1. The number of aryl methyl sites for hydroxylation is 1. The van der Waals surface area contributed by atoms with Crippen LogP contribution in [0, 0.1) is 0 Å². The van der Waals surface area contributed by atoms with Crippen LogP contribution in [0.25, 0.3) is 0 Å². The molecular weight excluding hydrogens is 356 g/mol. The van der Waals surface area contributed by atoms with Crippen LogP contribution >= 0.6 is 23.4 Å². The van der Waals surface area contributed by atoms with E-state index in [1.165, 1.54) is 25.7 Å². The number of carbonyl (C=O) groups is 1. The third kappa shape index (κ3) is 4.36. The summed E-state index contributed by atoms with van der Waals surface area (Å²) < 4.78 is 2.31. The van der Waals surface area contributed by atoms with Crippen molar-refractivity contribution in [2.45, 2.75) is 49.7 Å². The molecule has 0 spiro atoms. The lowest BCUT2D eigenvalue weighted by molar-refractivity contribution is 0.0953. The van der Waals surface area contributed by atoms with Crippen molar-refractivity contribution in [1.82, 2.24) is 20.1 Å². The topological polar surface area (TPSA) is 59.8 Å². The van der Waals surface area contributed by atoms with Crippen molar-refractivity contribution in [2.24, 2.45) is 0 Å². The van der Waals surface area contributed by atoms with E-state index in [4.69, 9.17) is 11.6 Å². The van der Waals surface area contributed by atoms with Gasteiger partial charge in [-0.3, -0.25) is 4.79 Å². The largest absolute Gasteiger partial charge is 0.352 e. The summed E-state index contributed by atoms with van der Waals surface area (Å²) in [5.41, 5.74) is 0.517. The van der Waals surface area contributed by atoms with Gasteiger partial charge in [-0.2, -0.15) is 0 Å². The summed E-state index contributed by atoms with van der Waals surface area (Å²) in [7, 11) is 0. The Labute approximate surface area is 157 Å². The van der Waals surface area contributed by atoms with Gasteiger partial charge in [0.15, 0.2) is 5.16 Å². The second-order valence-electron chi connectivity index (χ2n) is 6.25. The molecule has 0 atom stereocenters. The van der Waals surface area contributed by atoms with Crippen LogP contribution in [0.5, 0.6) is 0 Å². The number of nitrogens with zero attached hydrogens (tertiary/aromatic N) is 3. The minimum atomic E-state index is -0.132. The number of halogens is 1. The summed E-state index contributed by atoms with van der Waals surface area (Å²) in [6.45, 7) is 0.593. The zero-order valence-electron chi connectivity index (χ0n) is 14.4. The highest BCUT2D eigenvalue weighted by Gasteiger charge is 2.23. The Balaban J connectivity index is 1.55. The molecule has 25 heavy (non-hydrogen) atoms. The molecule has 1 saturated carbocycles. The van der Waals surface area contributed by atoms with E-state index >= 15 is 0 Å². The predicted octanol–water partition coefficient (Wildman–Crippen LogP) is 4.13. The Kier molecular flexibility index (Phi) is 6.37. The van der Waals surface area contributed by atoms with Crippen LogP contribution in [-0.2, 0) is 6.42 Å². The molecule has 1 amide bonds. The van der Waals surface area contributed by atoms with Crippen molar-refractivity contribution in [3.05, 3.63) is 40.7 Å². The van der Waals surface area contributed by atoms with Crippen LogP contribution in [0.2, 0.25) is 5.02 Å². The Morgan fingerprint density at radius 3 is 2.80 bits per heavy atom. The van der Waals surface area contributed by atoms with Crippen LogP contribution < -0.4 is 5.32 Å². The molecule has 1 aromatic heterocycles. The zero-order valence-corrected chi connectivity index (χ0v) is 15.9. The van der Waals surface area contributed by atoms with E-state index in [9.17, 15) is 4.79 Å². The van der Waals surface area contributed by atoms with Crippen molar-refractivity contribution in [3.63, 3.8) is 0 Å². The number of carbonyl (C=O) groups excluding carboxylic acids is 1. The molecule has 2 aromatic rings. The van der Waals surface area contributed by atoms with Gasteiger partial charge in [0.1, 0.15) is 5.82 Å². The second-order valence-corrected chi connectivity index (χ2v) is 7.43. The van der Waals surface area contributed by atoms with E-state index in [-0.39, 0.29) is 5.91 Å². The van der Waals surface area contributed by atoms with Crippen molar-refractivity contribution in [1.29, 1.82) is 0 Å². The normalized spacial score (nSPS) is 14.8. The van der Waals surface area contributed by atoms with Crippen LogP contribution in [0.4, 0.5) is 0 Å². The maximum absolute atomic E-state index is 12.2. The number of hydrogen-bond acceptors (Lipinski definition) is 4. The predicted molar refractivity (Wildman–Crippen MR) is 101 cm³/mol. The number of aromatic nitrogens is 3. The Morgan fingerprint density at radius 2 is 2.08 bits per heavy atom. The van der Waals surface area contributed by atoms with E-state index in [2.05, 4.69) is 20.1 Å². The number of nitrogens with one attached hydrogen (secondary N) is 1. The van der Waals surface area contributed by atoms with Gasteiger partial charge in [-0.25, -0.2) is 0 Å². The maximum atomic E-state index is 12.2. The fourth-order valence-electron chi connectivity index (χ4n) is 3.34. The summed E-state index contributed by atoms with van der Waals surface area (Å²) in [6, 6.07) is 7.63. The Morgan fingerprint density at radius 1 is 1.32 bits per heavy atom. The summed E-state index contributed by atoms with van der Waals surface area (Å²) in [6.07, 6.45) is 8.67. The SMILES string of the molecule is CSc1nnc(CCCNC(=O)c2ccccc2Cl)n1C1CCCC1. The van der Waals surface area contributed by atoms with Crippen molar-refractivity contribution < 1.29 is 4.79 Å². The highest BCUT2D eigenvalue weighted by atomic mass is 35.5. The lowest BCUT2D eigenvalue weighted by Gasteiger charge is -2.16. The van der Waals surface area contributed by atoms with E-state index in [1.54, 1.807) is 23.9 Å². The lowest BCUT2D eigenvalue weighted by atomic mass is 10.2. The first-order chi connectivity index (χ1) is 12.2. The van der Waals surface area contributed by atoms with Crippen molar-refractivity contribution >= 4 is 29.3 Å². The average molecular weight is 379 g/mol. The molecule has 1 aliphatic carbocycles. The molecule has 0 bridgehead atoms. The smallest absolute Gasteiger partial charge is 0.252 e. The molecule has 1 aliphatic rings. The molecule has 0 unspecified atom stereocenters. The van der Waals surface area contributed by atoms with Crippen LogP contribution in [0.3, 0.4) is 0 Å². The molecule has 1 fully saturated rings. The molecule has 1 aromatic carbocycles.